The van der Waals surface area contributed by atoms with E-state index in [2.05, 4.69) is 36.4 Å². The highest BCUT2D eigenvalue weighted by Gasteiger charge is 2.37. The van der Waals surface area contributed by atoms with Crippen molar-refractivity contribution >= 4 is 10.1 Å². The van der Waals surface area contributed by atoms with Gasteiger partial charge < -0.3 is 9.47 Å². The molecule has 0 N–H and O–H groups in total. The molecule has 0 heterocycles. The Morgan fingerprint density at radius 2 is 1.03 bits per heavy atom. The normalized spacial score (nSPS) is 11.9. The van der Waals surface area contributed by atoms with Crippen LogP contribution in [-0.4, -0.2) is 34.8 Å². The smallest absolute Gasteiger partial charge is 0.297 e. The zero-order valence-electron chi connectivity index (χ0n) is 20.2. The molecule has 0 saturated heterocycles. The number of hydrogen-bond acceptors (Lipinski definition) is 5. The van der Waals surface area contributed by atoms with Crippen molar-refractivity contribution in [1.29, 1.82) is 0 Å². The molecule has 0 aliphatic carbocycles. The Hall–Kier alpha value is -3.29. The van der Waals surface area contributed by atoms with Gasteiger partial charge in [0.15, 0.2) is 0 Å². The van der Waals surface area contributed by atoms with E-state index >= 15 is 0 Å². The van der Waals surface area contributed by atoms with Crippen LogP contribution < -0.4 is 0 Å². The van der Waals surface area contributed by atoms with Crippen molar-refractivity contribution in [3.8, 4) is 0 Å². The molecule has 6 heteroatoms. The van der Waals surface area contributed by atoms with Gasteiger partial charge in [0.05, 0.1) is 31.3 Å². The summed E-state index contributed by atoms with van der Waals surface area (Å²) in [6, 6.07) is 36.9. The van der Waals surface area contributed by atoms with Gasteiger partial charge >= 0.3 is 0 Å². The van der Waals surface area contributed by atoms with Gasteiger partial charge in [-0.15, -0.1) is 0 Å². The summed E-state index contributed by atoms with van der Waals surface area (Å²) < 4.78 is 42.1. The lowest BCUT2D eigenvalue weighted by molar-refractivity contribution is -0.0269. The molecule has 5 nitrogen and oxygen atoms in total. The maximum Gasteiger partial charge on any atom is 0.297 e. The molecule has 0 saturated carbocycles. The fraction of sp³-hybridized carbons (Fsp3) is 0.200. The first kappa shape index (κ1) is 25.8. The molecule has 0 aliphatic rings. The SMILES string of the molecule is Cc1ccc(S(=O)(=O)OCCOCCOC(c2ccccc2)(c2ccccc2)c2ccccc2)cc1. The van der Waals surface area contributed by atoms with Crippen molar-refractivity contribution in [2.24, 2.45) is 0 Å². The van der Waals surface area contributed by atoms with Crippen LogP contribution >= 0.6 is 0 Å². The van der Waals surface area contributed by atoms with Gasteiger partial charge in [-0.2, -0.15) is 8.42 Å². The Morgan fingerprint density at radius 3 is 1.50 bits per heavy atom. The predicted molar refractivity (Wildman–Crippen MR) is 140 cm³/mol. The summed E-state index contributed by atoms with van der Waals surface area (Å²) in [5, 5.41) is 0. The van der Waals surface area contributed by atoms with E-state index in [0.29, 0.717) is 6.61 Å². The van der Waals surface area contributed by atoms with Crippen LogP contribution in [0.4, 0.5) is 0 Å². The summed E-state index contributed by atoms with van der Waals surface area (Å²) in [6.07, 6.45) is 0. The van der Waals surface area contributed by atoms with Crippen LogP contribution in [-0.2, 0) is 29.4 Å². The summed E-state index contributed by atoms with van der Waals surface area (Å²) in [5.41, 5.74) is 3.19. The minimum absolute atomic E-state index is 0.0720. The van der Waals surface area contributed by atoms with Gasteiger partial charge in [0, 0.05) is 0 Å². The van der Waals surface area contributed by atoms with Crippen LogP contribution in [0.15, 0.2) is 120 Å². The molecule has 0 fully saturated rings. The van der Waals surface area contributed by atoms with Gasteiger partial charge in [0.1, 0.15) is 5.60 Å². The molecule has 0 amide bonds. The van der Waals surface area contributed by atoms with Gasteiger partial charge in [-0.25, -0.2) is 0 Å². The zero-order chi connectivity index (χ0) is 25.3. The topological polar surface area (TPSA) is 61.8 Å². The molecule has 36 heavy (non-hydrogen) atoms. The van der Waals surface area contributed by atoms with Gasteiger partial charge in [-0.05, 0) is 35.7 Å². The lowest BCUT2D eigenvalue weighted by Crippen LogP contribution is -2.34. The lowest BCUT2D eigenvalue weighted by Gasteiger charge is -2.36. The van der Waals surface area contributed by atoms with E-state index in [-0.39, 0.29) is 24.7 Å². The first-order chi connectivity index (χ1) is 17.5. The Balaban J connectivity index is 1.42. The van der Waals surface area contributed by atoms with Gasteiger partial charge in [0.25, 0.3) is 10.1 Å². The monoisotopic (exact) mass is 502 g/mol. The van der Waals surface area contributed by atoms with Gasteiger partial charge in [-0.3, -0.25) is 4.18 Å². The molecule has 0 unspecified atom stereocenters. The molecule has 0 atom stereocenters. The summed E-state index contributed by atoms with van der Waals surface area (Å²) in [6.45, 7) is 2.53. The van der Waals surface area contributed by atoms with Crippen LogP contribution in [0.25, 0.3) is 0 Å². The van der Waals surface area contributed by atoms with E-state index in [1.807, 2.05) is 61.5 Å². The standard InChI is InChI=1S/C30H30O5S/c1-25-17-19-29(20-18-25)36(31,32)35-24-22-33-21-23-34-30(26-11-5-2-6-12-26,27-13-7-3-8-14-27)28-15-9-4-10-16-28/h2-20H,21-24H2,1H3. The molecule has 4 rings (SSSR count). The average Bonchev–Trinajstić information content (AvgIpc) is 2.92. The molecule has 0 bridgehead atoms. The van der Waals surface area contributed by atoms with Crippen LogP contribution in [0.3, 0.4) is 0 Å². The van der Waals surface area contributed by atoms with E-state index in [1.165, 1.54) is 12.1 Å². The minimum Gasteiger partial charge on any atom is -0.377 e. The third-order valence-corrected chi connectivity index (χ3v) is 7.19. The number of ether oxygens (including phenoxy) is 2. The highest BCUT2D eigenvalue weighted by molar-refractivity contribution is 7.86. The molecule has 0 spiro atoms. The fourth-order valence-corrected chi connectivity index (χ4v) is 4.99. The Kier molecular flexibility index (Phi) is 8.67. The largest absolute Gasteiger partial charge is 0.377 e. The Labute approximate surface area is 213 Å². The van der Waals surface area contributed by atoms with Crippen molar-refractivity contribution in [3.05, 3.63) is 138 Å². The molecule has 0 aromatic heterocycles. The molecule has 4 aromatic rings. The third kappa shape index (κ3) is 6.09. The highest BCUT2D eigenvalue weighted by Crippen LogP contribution is 2.40. The Bertz CT molecular complexity index is 1210. The predicted octanol–water partition coefficient (Wildman–Crippen LogP) is 5.73. The number of rotatable bonds is 12. The summed E-state index contributed by atoms with van der Waals surface area (Å²) in [7, 11) is -3.81. The van der Waals surface area contributed by atoms with Crippen molar-refractivity contribution in [1.82, 2.24) is 0 Å². The van der Waals surface area contributed by atoms with Crippen molar-refractivity contribution in [2.45, 2.75) is 17.4 Å². The highest BCUT2D eigenvalue weighted by atomic mass is 32.2. The third-order valence-electron chi connectivity index (χ3n) is 5.86. The zero-order valence-corrected chi connectivity index (χ0v) is 21.1. The molecular weight excluding hydrogens is 472 g/mol. The molecule has 0 aliphatic heterocycles. The van der Waals surface area contributed by atoms with Crippen LogP contribution in [0.1, 0.15) is 22.3 Å². The summed E-state index contributed by atoms with van der Waals surface area (Å²) in [5.74, 6) is 0. The minimum atomic E-state index is -3.81. The molecular formula is C30H30O5S. The van der Waals surface area contributed by atoms with Crippen LogP contribution in [0.5, 0.6) is 0 Å². The van der Waals surface area contributed by atoms with Gasteiger partial charge in [0.2, 0.25) is 0 Å². The van der Waals surface area contributed by atoms with E-state index in [0.717, 1.165) is 22.3 Å². The second-order valence-corrected chi connectivity index (χ2v) is 9.94. The Morgan fingerprint density at radius 1 is 0.583 bits per heavy atom. The first-order valence-corrected chi connectivity index (χ1v) is 13.3. The lowest BCUT2D eigenvalue weighted by atomic mass is 9.80. The maximum absolute atomic E-state index is 12.3. The van der Waals surface area contributed by atoms with Crippen LogP contribution in [0, 0.1) is 6.92 Å². The number of aryl methyl sites for hydroxylation is 1. The van der Waals surface area contributed by atoms with Gasteiger partial charge in [-0.1, -0.05) is 109 Å². The average molecular weight is 503 g/mol. The maximum atomic E-state index is 12.3. The molecule has 4 aromatic carbocycles. The first-order valence-electron chi connectivity index (χ1n) is 11.9. The molecule has 0 radical (unpaired) electrons. The van der Waals surface area contributed by atoms with E-state index < -0.39 is 15.7 Å². The van der Waals surface area contributed by atoms with E-state index in [4.69, 9.17) is 13.7 Å². The van der Waals surface area contributed by atoms with Crippen LogP contribution in [0.2, 0.25) is 0 Å². The number of benzene rings is 4. The second kappa shape index (κ2) is 12.1. The number of hydrogen-bond donors (Lipinski definition) is 0. The van der Waals surface area contributed by atoms with Crippen molar-refractivity contribution in [2.75, 3.05) is 26.4 Å². The van der Waals surface area contributed by atoms with E-state index in [9.17, 15) is 8.42 Å². The van der Waals surface area contributed by atoms with Crippen molar-refractivity contribution < 1.29 is 22.1 Å². The fourth-order valence-electron chi connectivity index (χ4n) is 4.10. The van der Waals surface area contributed by atoms with Crippen molar-refractivity contribution in [3.63, 3.8) is 0 Å². The summed E-state index contributed by atoms with van der Waals surface area (Å²) >= 11 is 0. The molecule has 186 valence electrons. The summed E-state index contributed by atoms with van der Waals surface area (Å²) in [4.78, 5) is 0.134. The van der Waals surface area contributed by atoms with E-state index in [1.54, 1.807) is 12.1 Å². The quantitative estimate of drug-likeness (QED) is 0.141. The second-order valence-electron chi connectivity index (χ2n) is 8.33.